The summed E-state index contributed by atoms with van der Waals surface area (Å²) in [6.45, 7) is 2.50. The first-order valence-corrected chi connectivity index (χ1v) is 9.95. The molecule has 2 aromatic heterocycles. The Balaban J connectivity index is 1.60. The molecule has 0 aliphatic rings. The molecule has 2 heterocycles. The molecule has 4 rings (SSSR count). The molecule has 0 fully saturated rings. The largest absolute Gasteiger partial charge is 0.350 e. The second-order valence-corrected chi connectivity index (χ2v) is 7.34. The maximum Gasteiger partial charge on any atom is 0.274 e. The normalized spacial score (nSPS) is 10.7. The molecule has 2 aromatic carbocycles. The maximum atomic E-state index is 12.9. The van der Waals surface area contributed by atoms with Crippen LogP contribution in [0, 0.1) is 6.92 Å². The highest BCUT2D eigenvalue weighted by Gasteiger charge is 2.22. The van der Waals surface area contributed by atoms with Gasteiger partial charge in [0.2, 0.25) is 0 Å². The van der Waals surface area contributed by atoms with E-state index in [1.54, 1.807) is 17.1 Å². The molecule has 0 saturated carbocycles. The third-order valence-electron chi connectivity index (χ3n) is 4.71. The van der Waals surface area contributed by atoms with Gasteiger partial charge in [0.15, 0.2) is 5.69 Å². The van der Waals surface area contributed by atoms with Gasteiger partial charge in [-0.25, -0.2) is 4.68 Å². The van der Waals surface area contributed by atoms with Crippen molar-refractivity contribution in [3.63, 3.8) is 0 Å². The number of carbonyl (C=O) groups excluding carboxylic acids is 1. The number of aromatic nitrogens is 4. The van der Waals surface area contributed by atoms with Crippen LogP contribution in [0.5, 0.6) is 0 Å². The summed E-state index contributed by atoms with van der Waals surface area (Å²) >= 11 is 5.92. The molecular formula is C23H20ClN5O. The smallest absolute Gasteiger partial charge is 0.274 e. The lowest BCUT2D eigenvalue weighted by atomic mass is 10.1. The van der Waals surface area contributed by atoms with Crippen LogP contribution in [0.15, 0.2) is 73.1 Å². The van der Waals surface area contributed by atoms with Gasteiger partial charge < -0.3 is 5.32 Å². The highest BCUT2D eigenvalue weighted by Crippen LogP contribution is 2.24. The van der Waals surface area contributed by atoms with E-state index in [-0.39, 0.29) is 11.6 Å². The van der Waals surface area contributed by atoms with Gasteiger partial charge in [0.05, 0.1) is 5.69 Å². The summed E-state index contributed by atoms with van der Waals surface area (Å²) in [7, 11) is 0. The predicted octanol–water partition coefficient (Wildman–Crippen LogP) is 4.26. The number of hydrogen-bond donors (Lipinski definition) is 1. The molecular weight excluding hydrogens is 398 g/mol. The van der Waals surface area contributed by atoms with Crippen LogP contribution in [0.2, 0.25) is 5.02 Å². The van der Waals surface area contributed by atoms with Crippen LogP contribution < -0.4 is 5.32 Å². The summed E-state index contributed by atoms with van der Waals surface area (Å²) in [5.41, 5.74) is 4.70. The van der Waals surface area contributed by atoms with Crippen LogP contribution in [0.4, 0.5) is 0 Å². The van der Waals surface area contributed by atoms with Crippen LogP contribution in [-0.4, -0.2) is 32.4 Å². The zero-order chi connectivity index (χ0) is 20.9. The molecule has 7 heteroatoms. The van der Waals surface area contributed by atoms with Crippen LogP contribution in [-0.2, 0) is 6.42 Å². The fourth-order valence-corrected chi connectivity index (χ4v) is 3.24. The van der Waals surface area contributed by atoms with Gasteiger partial charge in [-0.3, -0.25) is 9.78 Å². The van der Waals surface area contributed by atoms with Crippen molar-refractivity contribution in [3.05, 3.63) is 94.9 Å². The number of nitrogens with one attached hydrogen (secondary N) is 1. The van der Waals surface area contributed by atoms with Gasteiger partial charge in [-0.2, -0.15) is 0 Å². The minimum absolute atomic E-state index is 0.264. The van der Waals surface area contributed by atoms with E-state index in [1.807, 2.05) is 67.6 Å². The molecule has 0 saturated heterocycles. The summed E-state index contributed by atoms with van der Waals surface area (Å²) in [4.78, 5) is 17.1. The lowest BCUT2D eigenvalue weighted by Gasteiger charge is -2.09. The van der Waals surface area contributed by atoms with Gasteiger partial charge >= 0.3 is 0 Å². The van der Waals surface area contributed by atoms with E-state index in [4.69, 9.17) is 11.6 Å². The molecule has 4 aromatic rings. The average molecular weight is 418 g/mol. The number of halogens is 1. The van der Waals surface area contributed by atoms with Gasteiger partial charge in [-0.05, 0) is 55.3 Å². The van der Waals surface area contributed by atoms with Gasteiger partial charge in [0, 0.05) is 29.5 Å². The molecule has 0 aliphatic heterocycles. The highest BCUT2D eigenvalue weighted by atomic mass is 35.5. The predicted molar refractivity (Wildman–Crippen MR) is 117 cm³/mol. The van der Waals surface area contributed by atoms with Crippen LogP contribution in [0.3, 0.4) is 0 Å². The molecule has 1 N–H and O–H groups in total. The Morgan fingerprint density at radius 3 is 2.53 bits per heavy atom. The number of hydrogen-bond acceptors (Lipinski definition) is 4. The lowest BCUT2D eigenvalue weighted by Crippen LogP contribution is -2.26. The van der Waals surface area contributed by atoms with Crippen molar-refractivity contribution in [2.24, 2.45) is 0 Å². The quantitative estimate of drug-likeness (QED) is 0.508. The topological polar surface area (TPSA) is 72.7 Å². The van der Waals surface area contributed by atoms with E-state index in [9.17, 15) is 4.79 Å². The number of carbonyl (C=O) groups is 1. The number of amides is 1. The zero-order valence-electron chi connectivity index (χ0n) is 16.4. The van der Waals surface area contributed by atoms with E-state index >= 15 is 0 Å². The number of benzene rings is 2. The first-order valence-electron chi connectivity index (χ1n) is 9.57. The number of nitrogens with zero attached hydrogens (tertiary/aromatic N) is 4. The van der Waals surface area contributed by atoms with E-state index in [2.05, 4.69) is 20.6 Å². The monoisotopic (exact) mass is 417 g/mol. The van der Waals surface area contributed by atoms with Crippen molar-refractivity contribution in [1.82, 2.24) is 25.3 Å². The van der Waals surface area contributed by atoms with Crippen molar-refractivity contribution in [2.75, 3.05) is 6.54 Å². The van der Waals surface area contributed by atoms with Gasteiger partial charge in [-0.1, -0.05) is 46.6 Å². The molecule has 150 valence electrons. The maximum absolute atomic E-state index is 12.9. The number of pyridine rings is 1. The molecule has 6 nitrogen and oxygen atoms in total. The second-order valence-electron chi connectivity index (χ2n) is 6.91. The third kappa shape index (κ3) is 4.39. The molecule has 30 heavy (non-hydrogen) atoms. The minimum atomic E-state index is -0.277. The standard InChI is InChI=1S/C23H20ClN5O/c1-16-4-10-20(11-5-16)29-22(18-3-2-13-25-15-18)21(27-28-29)23(30)26-14-12-17-6-8-19(24)9-7-17/h2-11,13,15H,12,14H2,1H3,(H,26,30). The fraction of sp³-hybridized carbons (Fsp3) is 0.130. The molecule has 0 unspecified atom stereocenters. The number of rotatable bonds is 6. The zero-order valence-corrected chi connectivity index (χ0v) is 17.2. The first-order chi connectivity index (χ1) is 14.6. The third-order valence-corrected chi connectivity index (χ3v) is 4.96. The van der Waals surface area contributed by atoms with Crippen molar-refractivity contribution < 1.29 is 4.79 Å². The van der Waals surface area contributed by atoms with Crippen molar-refractivity contribution in [1.29, 1.82) is 0 Å². The van der Waals surface area contributed by atoms with E-state index in [1.165, 1.54) is 0 Å². The summed E-state index contributed by atoms with van der Waals surface area (Å²) in [5, 5.41) is 12.1. The van der Waals surface area contributed by atoms with Gasteiger partial charge in [0.1, 0.15) is 5.69 Å². The van der Waals surface area contributed by atoms with Crippen LogP contribution in [0.1, 0.15) is 21.6 Å². The van der Waals surface area contributed by atoms with Crippen LogP contribution in [0.25, 0.3) is 16.9 Å². The van der Waals surface area contributed by atoms with Gasteiger partial charge in [-0.15, -0.1) is 5.10 Å². The van der Waals surface area contributed by atoms with Crippen molar-refractivity contribution in [2.45, 2.75) is 13.3 Å². The molecule has 0 spiro atoms. The van der Waals surface area contributed by atoms with E-state index < -0.39 is 0 Å². The van der Waals surface area contributed by atoms with Crippen molar-refractivity contribution >= 4 is 17.5 Å². The van der Waals surface area contributed by atoms with Crippen LogP contribution >= 0.6 is 11.6 Å². The summed E-state index contributed by atoms with van der Waals surface area (Å²) in [5.74, 6) is -0.277. The second kappa shape index (κ2) is 8.88. The molecule has 0 radical (unpaired) electrons. The summed E-state index contributed by atoms with van der Waals surface area (Å²) in [6, 6.07) is 19.2. The Kier molecular flexibility index (Phi) is 5.86. The number of aryl methyl sites for hydroxylation is 1. The molecule has 0 aliphatic carbocycles. The van der Waals surface area contributed by atoms with E-state index in [0.717, 1.165) is 22.4 Å². The fourth-order valence-electron chi connectivity index (χ4n) is 3.12. The Morgan fingerprint density at radius 2 is 1.83 bits per heavy atom. The molecule has 0 atom stereocenters. The Labute approximate surface area is 179 Å². The average Bonchev–Trinajstić information content (AvgIpc) is 3.21. The summed E-state index contributed by atoms with van der Waals surface area (Å²) < 4.78 is 1.67. The Bertz CT molecular complexity index is 1140. The molecule has 1 amide bonds. The Hall–Kier alpha value is -3.51. The van der Waals surface area contributed by atoms with E-state index in [0.29, 0.717) is 23.7 Å². The Morgan fingerprint density at radius 1 is 1.07 bits per heavy atom. The van der Waals surface area contributed by atoms with Gasteiger partial charge in [0.25, 0.3) is 5.91 Å². The summed E-state index contributed by atoms with van der Waals surface area (Å²) in [6.07, 6.45) is 4.08. The SMILES string of the molecule is Cc1ccc(-n2nnc(C(=O)NCCc3ccc(Cl)cc3)c2-c2cccnc2)cc1. The van der Waals surface area contributed by atoms with Crippen molar-refractivity contribution in [3.8, 4) is 16.9 Å². The molecule has 0 bridgehead atoms. The first kappa shape index (κ1) is 19.8. The highest BCUT2D eigenvalue weighted by molar-refractivity contribution is 6.30. The minimum Gasteiger partial charge on any atom is -0.350 e. The lowest BCUT2D eigenvalue weighted by molar-refractivity contribution is 0.0949.